The summed E-state index contributed by atoms with van der Waals surface area (Å²) in [6, 6.07) is 7.65. The molecule has 1 amide bonds. The SMILES string of the molecule is CCCC(C(=O)Nc1cccc(CC)c1)C(N)=NO. The van der Waals surface area contributed by atoms with Crippen LogP contribution < -0.4 is 11.1 Å². The number of carbonyl (C=O) groups excluding carboxylic acids is 1. The Balaban J connectivity index is 2.80. The summed E-state index contributed by atoms with van der Waals surface area (Å²) in [6.45, 7) is 4.00. The number of amidine groups is 1. The zero-order chi connectivity index (χ0) is 14.3. The van der Waals surface area contributed by atoms with E-state index in [1.54, 1.807) is 0 Å². The number of amides is 1. The highest BCUT2D eigenvalue weighted by Gasteiger charge is 2.22. The van der Waals surface area contributed by atoms with Crippen molar-refractivity contribution in [3.05, 3.63) is 29.8 Å². The number of hydrogen-bond acceptors (Lipinski definition) is 3. The number of carbonyl (C=O) groups is 1. The minimum Gasteiger partial charge on any atom is -0.409 e. The highest BCUT2D eigenvalue weighted by Crippen LogP contribution is 2.14. The van der Waals surface area contributed by atoms with Crippen LogP contribution in [0, 0.1) is 5.92 Å². The molecule has 0 saturated carbocycles. The quantitative estimate of drug-likeness (QED) is 0.318. The topological polar surface area (TPSA) is 87.7 Å². The van der Waals surface area contributed by atoms with Crippen LogP contribution in [-0.2, 0) is 11.2 Å². The van der Waals surface area contributed by atoms with Crippen molar-refractivity contribution in [2.45, 2.75) is 33.1 Å². The van der Waals surface area contributed by atoms with Crippen LogP contribution in [0.3, 0.4) is 0 Å². The molecule has 1 aromatic carbocycles. The van der Waals surface area contributed by atoms with Crippen molar-refractivity contribution in [2.75, 3.05) is 5.32 Å². The minimum absolute atomic E-state index is 0.0500. The van der Waals surface area contributed by atoms with Gasteiger partial charge in [-0.25, -0.2) is 0 Å². The predicted octanol–water partition coefficient (Wildman–Crippen LogP) is 2.35. The van der Waals surface area contributed by atoms with Crippen LogP contribution in [0.15, 0.2) is 29.4 Å². The lowest BCUT2D eigenvalue weighted by atomic mass is 10.0. The molecular weight excluding hydrogens is 242 g/mol. The largest absolute Gasteiger partial charge is 0.409 e. The van der Waals surface area contributed by atoms with Gasteiger partial charge in [-0.3, -0.25) is 4.79 Å². The molecule has 0 aliphatic rings. The van der Waals surface area contributed by atoms with Crippen LogP contribution in [0.4, 0.5) is 5.69 Å². The Hall–Kier alpha value is -2.04. The second kappa shape index (κ2) is 7.41. The lowest BCUT2D eigenvalue weighted by Crippen LogP contribution is -2.34. The number of nitrogens with zero attached hydrogens (tertiary/aromatic N) is 1. The van der Waals surface area contributed by atoms with Crippen molar-refractivity contribution in [2.24, 2.45) is 16.8 Å². The first kappa shape index (κ1) is 15.0. The van der Waals surface area contributed by atoms with E-state index < -0.39 is 5.92 Å². The summed E-state index contributed by atoms with van der Waals surface area (Å²) in [5.74, 6) is -0.892. The number of hydrogen-bond donors (Lipinski definition) is 3. The number of nitrogens with two attached hydrogens (primary N) is 1. The summed E-state index contributed by atoms with van der Waals surface area (Å²) in [6.07, 6.45) is 2.24. The van der Waals surface area contributed by atoms with Gasteiger partial charge < -0.3 is 16.3 Å². The summed E-state index contributed by atoms with van der Waals surface area (Å²) in [4.78, 5) is 12.1. The molecule has 0 radical (unpaired) electrons. The molecule has 104 valence electrons. The van der Waals surface area contributed by atoms with Gasteiger partial charge >= 0.3 is 0 Å². The first-order chi connectivity index (χ1) is 9.12. The number of benzene rings is 1. The zero-order valence-corrected chi connectivity index (χ0v) is 11.4. The minimum atomic E-state index is -0.597. The van der Waals surface area contributed by atoms with Crippen molar-refractivity contribution in [3.8, 4) is 0 Å². The maximum atomic E-state index is 12.1. The summed E-state index contributed by atoms with van der Waals surface area (Å²) < 4.78 is 0. The van der Waals surface area contributed by atoms with E-state index in [-0.39, 0.29) is 11.7 Å². The molecule has 0 aromatic heterocycles. The number of rotatable bonds is 6. The maximum Gasteiger partial charge on any atom is 0.235 e. The molecule has 4 N–H and O–H groups in total. The summed E-state index contributed by atoms with van der Waals surface area (Å²) >= 11 is 0. The predicted molar refractivity (Wildman–Crippen MR) is 76.3 cm³/mol. The Bertz CT molecular complexity index is 458. The van der Waals surface area contributed by atoms with Crippen molar-refractivity contribution in [1.82, 2.24) is 0 Å². The third-order valence-electron chi connectivity index (χ3n) is 2.97. The number of aryl methyl sites for hydroxylation is 1. The molecule has 5 heteroatoms. The Kier molecular flexibility index (Phi) is 5.85. The first-order valence-electron chi connectivity index (χ1n) is 6.49. The van der Waals surface area contributed by atoms with Crippen molar-refractivity contribution in [1.29, 1.82) is 0 Å². The monoisotopic (exact) mass is 263 g/mol. The molecule has 5 nitrogen and oxygen atoms in total. The average molecular weight is 263 g/mol. The van der Waals surface area contributed by atoms with E-state index in [9.17, 15) is 4.79 Å². The molecule has 0 aliphatic heterocycles. The van der Waals surface area contributed by atoms with Gasteiger partial charge in [0, 0.05) is 5.69 Å². The normalized spacial score (nSPS) is 13.1. The zero-order valence-electron chi connectivity index (χ0n) is 11.4. The molecule has 1 unspecified atom stereocenters. The van der Waals surface area contributed by atoms with E-state index in [1.807, 2.05) is 31.2 Å². The molecule has 0 fully saturated rings. The molecule has 0 saturated heterocycles. The lowest BCUT2D eigenvalue weighted by molar-refractivity contribution is -0.118. The van der Waals surface area contributed by atoms with Crippen LogP contribution in [0.1, 0.15) is 32.3 Å². The van der Waals surface area contributed by atoms with E-state index in [4.69, 9.17) is 10.9 Å². The van der Waals surface area contributed by atoms with Crippen LogP contribution in [0.2, 0.25) is 0 Å². The molecule has 1 atom stereocenters. The Morgan fingerprint density at radius 1 is 1.47 bits per heavy atom. The second-order valence-corrected chi connectivity index (χ2v) is 4.41. The number of oxime groups is 1. The fourth-order valence-electron chi connectivity index (χ4n) is 1.87. The van der Waals surface area contributed by atoms with Gasteiger partial charge in [-0.2, -0.15) is 0 Å². The highest BCUT2D eigenvalue weighted by molar-refractivity contribution is 6.07. The van der Waals surface area contributed by atoms with E-state index in [1.165, 1.54) is 0 Å². The molecule has 1 aromatic rings. The Labute approximate surface area is 113 Å². The Morgan fingerprint density at radius 2 is 2.21 bits per heavy atom. The number of nitrogens with one attached hydrogen (secondary N) is 1. The van der Waals surface area contributed by atoms with Gasteiger partial charge in [-0.05, 0) is 30.5 Å². The second-order valence-electron chi connectivity index (χ2n) is 4.41. The van der Waals surface area contributed by atoms with Gasteiger partial charge in [0.05, 0.1) is 5.92 Å². The van der Waals surface area contributed by atoms with Crippen molar-refractivity contribution < 1.29 is 10.0 Å². The van der Waals surface area contributed by atoms with Crippen LogP contribution in [-0.4, -0.2) is 17.0 Å². The lowest BCUT2D eigenvalue weighted by Gasteiger charge is -2.15. The molecule has 0 aliphatic carbocycles. The van der Waals surface area contributed by atoms with Gasteiger partial charge in [-0.15, -0.1) is 0 Å². The summed E-state index contributed by atoms with van der Waals surface area (Å²) in [5.41, 5.74) is 7.43. The van der Waals surface area contributed by atoms with Gasteiger partial charge in [0.2, 0.25) is 5.91 Å². The maximum absolute atomic E-state index is 12.1. The highest BCUT2D eigenvalue weighted by atomic mass is 16.4. The Morgan fingerprint density at radius 3 is 2.79 bits per heavy atom. The molecule has 1 rings (SSSR count). The van der Waals surface area contributed by atoms with Crippen LogP contribution in [0.5, 0.6) is 0 Å². The summed E-state index contributed by atoms with van der Waals surface area (Å²) in [5, 5.41) is 14.5. The molecular formula is C14H21N3O2. The smallest absolute Gasteiger partial charge is 0.235 e. The average Bonchev–Trinajstić information content (AvgIpc) is 2.44. The van der Waals surface area contributed by atoms with Gasteiger partial charge in [0.25, 0.3) is 0 Å². The van der Waals surface area contributed by atoms with Gasteiger partial charge in [0.15, 0.2) is 5.84 Å². The summed E-state index contributed by atoms with van der Waals surface area (Å²) in [7, 11) is 0. The third kappa shape index (κ3) is 4.28. The van der Waals surface area contributed by atoms with Crippen LogP contribution in [0.25, 0.3) is 0 Å². The molecule has 0 heterocycles. The standard InChI is InChI=1S/C14H21N3O2/c1-3-6-12(13(15)17-19)14(18)16-11-8-5-7-10(4-2)9-11/h5,7-9,12,19H,3-4,6H2,1-2H3,(H2,15,17)(H,16,18). The molecule has 0 bridgehead atoms. The van der Waals surface area contributed by atoms with Crippen molar-refractivity contribution in [3.63, 3.8) is 0 Å². The van der Waals surface area contributed by atoms with E-state index in [0.717, 1.165) is 24.1 Å². The number of anilines is 1. The van der Waals surface area contributed by atoms with E-state index in [0.29, 0.717) is 6.42 Å². The first-order valence-corrected chi connectivity index (χ1v) is 6.49. The van der Waals surface area contributed by atoms with Gasteiger partial charge in [0.1, 0.15) is 0 Å². The van der Waals surface area contributed by atoms with E-state index in [2.05, 4.69) is 17.4 Å². The van der Waals surface area contributed by atoms with E-state index >= 15 is 0 Å². The fraction of sp³-hybridized carbons (Fsp3) is 0.429. The fourth-order valence-corrected chi connectivity index (χ4v) is 1.87. The third-order valence-corrected chi connectivity index (χ3v) is 2.97. The van der Waals surface area contributed by atoms with Crippen LogP contribution >= 0.6 is 0 Å². The molecule has 0 spiro atoms. The van der Waals surface area contributed by atoms with Gasteiger partial charge in [-0.1, -0.05) is 37.6 Å². The molecule has 19 heavy (non-hydrogen) atoms. The van der Waals surface area contributed by atoms with Crippen molar-refractivity contribution >= 4 is 17.4 Å².